The number of ether oxygens (including phenoxy) is 1. The number of aryl methyl sites for hydroxylation is 1. The number of amides is 1. The second-order valence-corrected chi connectivity index (χ2v) is 5.32. The molecule has 5 heteroatoms. The van der Waals surface area contributed by atoms with Gasteiger partial charge in [0.25, 0.3) is 5.91 Å². The second-order valence-electron chi connectivity index (χ2n) is 5.32. The van der Waals surface area contributed by atoms with Crippen molar-refractivity contribution < 1.29 is 14.6 Å². The number of rotatable bonds is 2. The number of aliphatic hydroxyl groups is 1. The van der Waals surface area contributed by atoms with Crippen molar-refractivity contribution in [2.45, 2.75) is 50.9 Å². The molecule has 1 aromatic rings. The molecule has 0 bridgehead atoms. The fourth-order valence-electron chi connectivity index (χ4n) is 2.74. The first kappa shape index (κ1) is 12.6. The van der Waals surface area contributed by atoms with Crippen LogP contribution in [0.1, 0.15) is 43.5 Å². The molecule has 0 aromatic carbocycles. The van der Waals surface area contributed by atoms with Crippen LogP contribution >= 0.6 is 0 Å². The number of anilines is 1. The molecule has 1 saturated heterocycles. The largest absolute Gasteiger partial charge is 0.387 e. The van der Waals surface area contributed by atoms with Crippen LogP contribution in [0.15, 0.2) is 12.3 Å². The number of hydrogen-bond acceptors (Lipinski definition) is 4. The summed E-state index contributed by atoms with van der Waals surface area (Å²) in [5, 5.41) is 12.5. The van der Waals surface area contributed by atoms with Crippen LogP contribution in [0.5, 0.6) is 0 Å². The zero-order chi connectivity index (χ0) is 13.4. The smallest absolute Gasteiger partial charge is 0.253 e. The zero-order valence-corrected chi connectivity index (χ0v) is 10.9. The SMILES string of the molecule is CC1CCC(C(=O)Nc2cnc3c(c2)CCC3O)O1. The Kier molecular flexibility index (Phi) is 3.24. The van der Waals surface area contributed by atoms with E-state index in [2.05, 4.69) is 10.3 Å². The molecule has 0 spiro atoms. The predicted octanol–water partition coefficient (Wildman–Crippen LogP) is 1.57. The van der Waals surface area contributed by atoms with Crippen LogP contribution in [0.2, 0.25) is 0 Å². The number of nitrogens with one attached hydrogen (secondary N) is 1. The average Bonchev–Trinajstić information content (AvgIpc) is 2.97. The molecule has 2 heterocycles. The van der Waals surface area contributed by atoms with Crippen LogP contribution in [0.4, 0.5) is 5.69 Å². The van der Waals surface area contributed by atoms with Crippen molar-refractivity contribution in [3.63, 3.8) is 0 Å². The Labute approximate surface area is 112 Å². The van der Waals surface area contributed by atoms with Gasteiger partial charge in [0.1, 0.15) is 6.10 Å². The second kappa shape index (κ2) is 4.90. The number of nitrogens with zero attached hydrogens (tertiary/aromatic N) is 1. The highest BCUT2D eigenvalue weighted by atomic mass is 16.5. The molecule has 3 atom stereocenters. The maximum atomic E-state index is 12.0. The lowest BCUT2D eigenvalue weighted by Gasteiger charge is -2.12. The average molecular weight is 262 g/mol. The molecule has 1 aliphatic heterocycles. The van der Waals surface area contributed by atoms with E-state index in [4.69, 9.17) is 4.74 Å². The van der Waals surface area contributed by atoms with Gasteiger partial charge in [-0.15, -0.1) is 0 Å². The molecule has 0 radical (unpaired) electrons. The summed E-state index contributed by atoms with van der Waals surface area (Å²) in [6.07, 6.45) is 4.16. The summed E-state index contributed by atoms with van der Waals surface area (Å²) in [5.74, 6) is -0.107. The highest BCUT2D eigenvalue weighted by Gasteiger charge is 2.28. The van der Waals surface area contributed by atoms with E-state index in [9.17, 15) is 9.90 Å². The summed E-state index contributed by atoms with van der Waals surface area (Å²) < 4.78 is 5.53. The third-order valence-electron chi connectivity index (χ3n) is 3.80. The van der Waals surface area contributed by atoms with Crippen molar-refractivity contribution in [3.8, 4) is 0 Å². The Morgan fingerprint density at radius 3 is 3.05 bits per heavy atom. The van der Waals surface area contributed by atoms with Crippen molar-refractivity contribution in [1.29, 1.82) is 0 Å². The highest BCUT2D eigenvalue weighted by Crippen LogP contribution is 2.30. The van der Waals surface area contributed by atoms with E-state index in [1.807, 2.05) is 13.0 Å². The normalized spacial score (nSPS) is 29.3. The van der Waals surface area contributed by atoms with Gasteiger partial charge in [0.2, 0.25) is 0 Å². The third-order valence-corrected chi connectivity index (χ3v) is 3.80. The molecule has 1 amide bonds. The van der Waals surface area contributed by atoms with Gasteiger partial charge in [-0.3, -0.25) is 9.78 Å². The van der Waals surface area contributed by atoms with Crippen LogP contribution in [0.3, 0.4) is 0 Å². The first-order valence-electron chi connectivity index (χ1n) is 6.76. The van der Waals surface area contributed by atoms with Gasteiger partial charge in [0.05, 0.1) is 29.8 Å². The molecule has 2 N–H and O–H groups in total. The highest BCUT2D eigenvalue weighted by molar-refractivity contribution is 5.94. The van der Waals surface area contributed by atoms with Crippen molar-refractivity contribution in [1.82, 2.24) is 4.98 Å². The van der Waals surface area contributed by atoms with Crippen molar-refractivity contribution in [2.75, 3.05) is 5.32 Å². The number of carbonyl (C=O) groups is 1. The van der Waals surface area contributed by atoms with Gasteiger partial charge in [0.15, 0.2) is 0 Å². The van der Waals surface area contributed by atoms with E-state index in [1.165, 1.54) is 0 Å². The number of fused-ring (bicyclic) bond motifs is 1. The molecule has 3 unspecified atom stereocenters. The van der Waals surface area contributed by atoms with Crippen LogP contribution in [0, 0.1) is 0 Å². The molecule has 1 fully saturated rings. The maximum Gasteiger partial charge on any atom is 0.253 e. The minimum Gasteiger partial charge on any atom is -0.387 e. The Bertz CT molecular complexity index is 503. The van der Waals surface area contributed by atoms with Gasteiger partial charge in [-0.2, -0.15) is 0 Å². The molecule has 102 valence electrons. The Morgan fingerprint density at radius 1 is 1.47 bits per heavy atom. The molecule has 0 saturated carbocycles. The molecule has 5 nitrogen and oxygen atoms in total. The van der Waals surface area contributed by atoms with Crippen LogP contribution in [0.25, 0.3) is 0 Å². The van der Waals surface area contributed by atoms with Gasteiger partial charge >= 0.3 is 0 Å². The topological polar surface area (TPSA) is 71.5 Å². The Hall–Kier alpha value is -1.46. The Morgan fingerprint density at radius 2 is 2.32 bits per heavy atom. The summed E-state index contributed by atoms with van der Waals surface area (Å²) in [7, 11) is 0. The number of carbonyl (C=O) groups excluding carboxylic acids is 1. The van der Waals surface area contributed by atoms with Gasteiger partial charge in [-0.1, -0.05) is 0 Å². The molecule has 19 heavy (non-hydrogen) atoms. The molecular formula is C14H18N2O3. The first-order valence-corrected chi connectivity index (χ1v) is 6.76. The lowest BCUT2D eigenvalue weighted by molar-refractivity contribution is -0.126. The van der Waals surface area contributed by atoms with E-state index >= 15 is 0 Å². The number of aliphatic hydroxyl groups excluding tert-OH is 1. The van der Waals surface area contributed by atoms with Crippen LogP contribution < -0.4 is 5.32 Å². The zero-order valence-electron chi connectivity index (χ0n) is 10.9. The summed E-state index contributed by atoms with van der Waals surface area (Å²) >= 11 is 0. The lowest BCUT2D eigenvalue weighted by atomic mass is 10.2. The van der Waals surface area contributed by atoms with Gasteiger partial charge in [-0.25, -0.2) is 0 Å². The Balaban J connectivity index is 1.69. The molecular weight excluding hydrogens is 244 g/mol. The van der Waals surface area contributed by atoms with Crippen LogP contribution in [-0.4, -0.2) is 28.2 Å². The quantitative estimate of drug-likeness (QED) is 0.848. The van der Waals surface area contributed by atoms with E-state index < -0.39 is 6.10 Å². The summed E-state index contributed by atoms with van der Waals surface area (Å²) in [5.41, 5.74) is 2.44. The number of hydrogen-bond donors (Lipinski definition) is 2. The van der Waals surface area contributed by atoms with Crippen molar-refractivity contribution in [3.05, 3.63) is 23.5 Å². The summed E-state index contributed by atoms with van der Waals surface area (Å²) in [4.78, 5) is 16.2. The van der Waals surface area contributed by atoms with E-state index in [-0.39, 0.29) is 18.1 Å². The molecule has 3 rings (SSSR count). The molecule has 1 aliphatic carbocycles. The minimum absolute atomic E-state index is 0.107. The number of pyridine rings is 1. The monoisotopic (exact) mass is 262 g/mol. The summed E-state index contributed by atoms with van der Waals surface area (Å²) in [6.45, 7) is 1.98. The minimum atomic E-state index is -0.459. The fraction of sp³-hybridized carbons (Fsp3) is 0.571. The van der Waals surface area contributed by atoms with Crippen molar-refractivity contribution >= 4 is 11.6 Å². The van der Waals surface area contributed by atoms with Gasteiger partial charge in [-0.05, 0) is 44.2 Å². The van der Waals surface area contributed by atoms with Crippen molar-refractivity contribution in [2.24, 2.45) is 0 Å². The predicted molar refractivity (Wildman–Crippen MR) is 69.7 cm³/mol. The van der Waals surface area contributed by atoms with Gasteiger partial charge in [0, 0.05) is 0 Å². The third kappa shape index (κ3) is 2.48. The lowest BCUT2D eigenvalue weighted by Crippen LogP contribution is -2.27. The van der Waals surface area contributed by atoms with Crippen LogP contribution in [-0.2, 0) is 16.0 Å². The summed E-state index contributed by atoms with van der Waals surface area (Å²) in [6, 6.07) is 1.90. The van der Waals surface area contributed by atoms with E-state index in [0.717, 1.165) is 30.5 Å². The van der Waals surface area contributed by atoms with Gasteiger partial charge < -0.3 is 15.2 Å². The molecule has 1 aromatic heterocycles. The number of aromatic nitrogens is 1. The maximum absolute atomic E-state index is 12.0. The van der Waals surface area contributed by atoms with E-state index in [0.29, 0.717) is 12.1 Å². The van der Waals surface area contributed by atoms with E-state index in [1.54, 1.807) is 6.20 Å². The fourth-order valence-corrected chi connectivity index (χ4v) is 2.74. The standard InChI is InChI=1S/C14H18N2O3/c1-8-2-5-12(19-8)14(18)16-10-6-9-3-4-11(17)13(9)15-7-10/h6-8,11-12,17H,2-5H2,1H3,(H,16,18). The molecule has 2 aliphatic rings. The first-order chi connectivity index (χ1) is 9.13.